The molecule has 6 nitrogen and oxygen atoms in total. The highest BCUT2D eigenvalue weighted by Crippen LogP contribution is 2.29. The van der Waals surface area contributed by atoms with Crippen LogP contribution in [0.4, 0.5) is 11.4 Å². The van der Waals surface area contributed by atoms with Crippen LogP contribution in [0.3, 0.4) is 0 Å². The van der Waals surface area contributed by atoms with Crippen LogP contribution in [0.5, 0.6) is 0 Å². The molecule has 0 aliphatic carbocycles. The van der Waals surface area contributed by atoms with Gasteiger partial charge in [-0.15, -0.1) is 0 Å². The zero-order valence-corrected chi connectivity index (χ0v) is 15.7. The van der Waals surface area contributed by atoms with E-state index in [1.165, 1.54) is 0 Å². The molecule has 1 saturated heterocycles. The van der Waals surface area contributed by atoms with Gasteiger partial charge in [0.2, 0.25) is 5.91 Å². The maximum absolute atomic E-state index is 12.6. The SMILES string of the molecule is C=C(C)N(C(=O)CN(C)C)c1ccc(N2CCOCC2)c(COC)c1. The Bertz CT molecular complexity index is 610. The van der Waals surface area contributed by atoms with Crippen LogP contribution >= 0.6 is 0 Å². The standard InChI is InChI=1S/C19H29N3O3/c1-15(2)22(19(23)13-20(3)4)17-6-7-18(16(12-17)14-24-5)21-8-10-25-11-9-21/h6-7,12H,1,8-11,13-14H2,2-5H3. The van der Waals surface area contributed by atoms with E-state index in [1.807, 2.05) is 38.1 Å². The summed E-state index contributed by atoms with van der Waals surface area (Å²) in [6.07, 6.45) is 0. The molecule has 1 aromatic carbocycles. The number of ether oxygens (including phenoxy) is 2. The van der Waals surface area contributed by atoms with Crippen molar-refractivity contribution in [3.63, 3.8) is 0 Å². The van der Waals surface area contributed by atoms with Crippen molar-refractivity contribution in [3.8, 4) is 0 Å². The topological polar surface area (TPSA) is 45.3 Å². The fraction of sp³-hybridized carbons (Fsp3) is 0.526. The number of likely N-dealkylation sites (N-methyl/N-ethyl adjacent to an activating group) is 1. The second kappa shape index (κ2) is 8.99. The first-order valence-corrected chi connectivity index (χ1v) is 8.51. The predicted molar refractivity (Wildman–Crippen MR) is 101 cm³/mol. The third-order valence-electron chi connectivity index (χ3n) is 4.06. The molecule has 0 spiro atoms. The molecule has 0 bridgehead atoms. The summed E-state index contributed by atoms with van der Waals surface area (Å²) in [6, 6.07) is 6.07. The summed E-state index contributed by atoms with van der Waals surface area (Å²) in [6.45, 7) is 9.83. The lowest BCUT2D eigenvalue weighted by atomic mass is 10.1. The number of carbonyl (C=O) groups excluding carboxylic acids is 1. The Kier molecular flexibility index (Phi) is 6.99. The number of nitrogens with zero attached hydrogens (tertiary/aromatic N) is 3. The summed E-state index contributed by atoms with van der Waals surface area (Å²) in [5.74, 6) is -0.00000987. The molecule has 1 amide bonds. The number of carbonyl (C=O) groups is 1. The number of hydrogen-bond acceptors (Lipinski definition) is 5. The van der Waals surface area contributed by atoms with Crippen molar-refractivity contribution in [2.75, 3.05) is 63.9 Å². The van der Waals surface area contributed by atoms with E-state index >= 15 is 0 Å². The monoisotopic (exact) mass is 347 g/mol. The number of amides is 1. The van der Waals surface area contributed by atoms with Crippen molar-refractivity contribution in [2.24, 2.45) is 0 Å². The fourth-order valence-electron chi connectivity index (χ4n) is 3.01. The highest BCUT2D eigenvalue weighted by molar-refractivity contribution is 5.97. The Labute approximate surface area is 150 Å². The van der Waals surface area contributed by atoms with E-state index in [-0.39, 0.29) is 5.91 Å². The molecule has 2 rings (SSSR count). The molecule has 138 valence electrons. The van der Waals surface area contributed by atoms with E-state index in [1.54, 1.807) is 12.0 Å². The largest absolute Gasteiger partial charge is 0.380 e. The van der Waals surface area contributed by atoms with Gasteiger partial charge in [-0.3, -0.25) is 9.69 Å². The molecule has 0 N–H and O–H groups in total. The molecule has 1 fully saturated rings. The quantitative estimate of drug-likeness (QED) is 0.756. The molecule has 0 unspecified atom stereocenters. The van der Waals surface area contributed by atoms with E-state index in [0.29, 0.717) is 18.8 Å². The Morgan fingerprint density at radius 1 is 1.32 bits per heavy atom. The summed E-state index contributed by atoms with van der Waals surface area (Å²) in [4.78, 5) is 18.4. The molecule has 0 atom stereocenters. The van der Waals surface area contributed by atoms with Gasteiger partial charge in [-0.05, 0) is 39.2 Å². The van der Waals surface area contributed by atoms with Gasteiger partial charge in [0.25, 0.3) is 0 Å². The second-order valence-electron chi connectivity index (χ2n) is 6.55. The van der Waals surface area contributed by atoms with E-state index in [2.05, 4.69) is 17.5 Å². The van der Waals surface area contributed by atoms with Gasteiger partial charge < -0.3 is 19.3 Å². The summed E-state index contributed by atoms with van der Waals surface area (Å²) in [5.41, 5.74) is 3.72. The van der Waals surface area contributed by atoms with E-state index in [0.717, 1.165) is 43.2 Å². The predicted octanol–water partition coefficient (Wildman–Crippen LogP) is 2.10. The zero-order chi connectivity index (χ0) is 18.4. The van der Waals surface area contributed by atoms with E-state index in [9.17, 15) is 4.79 Å². The van der Waals surface area contributed by atoms with Crippen LogP contribution in [0.15, 0.2) is 30.5 Å². The molecule has 1 heterocycles. The summed E-state index contributed by atoms with van der Waals surface area (Å²) in [5, 5.41) is 0. The number of benzene rings is 1. The summed E-state index contributed by atoms with van der Waals surface area (Å²) in [7, 11) is 5.45. The highest BCUT2D eigenvalue weighted by atomic mass is 16.5. The average molecular weight is 347 g/mol. The minimum absolute atomic E-state index is 0.00000987. The van der Waals surface area contributed by atoms with Crippen LogP contribution in [0.2, 0.25) is 0 Å². The average Bonchev–Trinajstić information content (AvgIpc) is 2.55. The van der Waals surface area contributed by atoms with Crippen LogP contribution < -0.4 is 9.80 Å². The minimum Gasteiger partial charge on any atom is -0.380 e. The lowest BCUT2D eigenvalue weighted by molar-refractivity contribution is -0.118. The first-order valence-electron chi connectivity index (χ1n) is 8.51. The van der Waals surface area contributed by atoms with Crippen molar-refractivity contribution in [2.45, 2.75) is 13.5 Å². The van der Waals surface area contributed by atoms with Crippen LogP contribution in [0.1, 0.15) is 12.5 Å². The van der Waals surface area contributed by atoms with Crippen molar-refractivity contribution in [1.82, 2.24) is 4.90 Å². The first-order chi connectivity index (χ1) is 11.9. The minimum atomic E-state index is -0.00000987. The molecule has 25 heavy (non-hydrogen) atoms. The number of methoxy groups -OCH3 is 1. The third kappa shape index (κ3) is 5.04. The van der Waals surface area contributed by atoms with Crippen LogP contribution in [0, 0.1) is 0 Å². The number of morpholine rings is 1. The smallest absolute Gasteiger partial charge is 0.245 e. The van der Waals surface area contributed by atoms with Crippen molar-refractivity contribution in [3.05, 3.63) is 36.0 Å². The molecule has 0 saturated carbocycles. The normalized spacial score (nSPS) is 14.7. The van der Waals surface area contributed by atoms with E-state index in [4.69, 9.17) is 9.47 Å². The number of allylic oxidation sites excluding steroid dienone is 1. The lowest BCUT2D eigenvalue weighted by Crippen LogP contribution is -2.38. The lowest BCUT2D eigenvalue weighted by Gasteiger charge is -2.32. The molecule has 1 aliphatic rings. The number of hydrogen-bond donors (Lipinski definition) is 0. The van der Waals surface area contributed by atoms with Gasteiger partial charge in [-0.2, -0.15) is 0 Å². The van der Waals surface area contributed by atoms with Crippen LogP contribution in [-0.2, 0) is 20.9 Å². The molecule has 1 aromatic rings. The molecule has 0 aromatic heterocycles. The summed E-state index contributed by atoms with van der Waals surface area (Å²) >= 11 is 0. The van der Waals surface area contributed by atoms with Crippen molar-refractivity contribution in [1.29, 1.82) is 0 Å². The number of rotatable bonds is 7. The maximum Gasteiger partial charge on any atom is 0.245 e. The van der Waals surface area contributed by atoms with E-state index < -0.39 is 0 Å². The summed E-state index contributed by atoms with van der Waals surface area (Å²) < 4.78 is 10.8. The van der Waals surface area contributed by atoms with Crippen molar-refractivity contribution >= 4 is 17.3 Å². The first kappa shape index (κ1) is 19.4. The highest BCUT2D eigenvalue weighted by Gasteiger charge is 2.20. The fourth-order valence-corrected chi connectivity index (χ4v) is 3.01. The maximum atomic E-state index is 12.6. The van der Waals surface area contributed by atoms with Crippen LogP contribution in [0.25, 0.3) is 0 Å². The van der Waals surface area contributed by atoms with Gasteiger partial charge in [0.15, 0.2) is 0 Å². The van der Waals surface area contributed by atoms with Gasteiger partial charge in [-0.25, -0.2) is 0 Å². The Hall–Kier alpha value is -1.89. The molecule has 1 aliphatic heterocycles. The molecular formula is C19H29N3O3. The Balaban J connectivity index is 2.34. The zero-order valence-electron chi connectivity index (χ0n) is 15.7. The van der Waals surface area contributed by atoms with Gasteiger partial charge >= 0.3 is 0 Å². The molecule has 0 radical (unpaired) electrons. The van der Waals surface area contributed by atoms with Gasteiger partial charge in [0.05, 0.1) is 26.4 Å². The molecular weight excluding hydrogens is 318 g/mol. The van der Waals surface area contributed by atoms with Gasteiger partial charge in [0.1, 0.15) is 0 Å². The van der Waals surface area contributed by atoms with Gasteiger partial charge in [0, 0.05) is 42.8 Å². The van der Waals surface area contributed by atoms with Crippen molar-refractivity contribution < 1.29 is 14.3 Å². The molecule has 6 heteroatoms. The number of anilines is 2. The van der Waals surface area contributed by atoms with Crippen LogP contribution in [-0.4, -0.2) is 64.9 Å². The Morgan fingerprint density at radius 2 is 2.00 bits per heavy atom. The van der Waals surface area contributed by atoms with Gasteiger partial charge in [-0.1, -0.05) is 6.58 Å². The second-order valence-corrected chi connectivity index (χ2v) is 6.55. The Morgan fingerprint density at radius 3 is 2.56 bits per heavy atom. The third-order valence-corrected chi connectivity index (χ3v) is 4.06.